The molecule has 238 valence electrons. The highest BCUT2D eigenvalue weighted by Crippen LogP contribution is 2.39. The second-order valence-electron chi connectivity index (χ2n) is 16.1. The number of nitrogen functional groups attached to an aromatic ring is 1. The van der Waals surface area contributed by atoms with Gasteiger partial charge >= 0.3 is 0 Å². The minimum absolute atomic E-state index is 0.0550. The number of thiazole rings is 1. The van der Waals surface area contributed by atoms with Gasteiger partial charge in [0.15, 0.2) is 16.7 Å². The zero-order valence-electron chi connectivity index (χ0n) is 29.1. The van der Waals surface area contributed by atoms with E-state index in [0.29, 0.717) is 18.2 Å². The largest absolute Gasteiger partial charge is 0.485 e. The Morgan fingerprint density at radius 1 is 0.841 bits per heavy atom. The van der Waals surface area contributed by atoms with Gasteiger partial charge in [0.2, 0.25) is 0 Å². The second-order valence-corrected chi connectivity index (χ2v) is 17.1. The number of benzene rings is 1. The lowest BCUT2D eigenvalue weighted by Crippen LogP contribution is -2.53. The highest BCUT2D eigenvalue weighted by molar-refractivity contribution is 7.18. The summed E-state index contributed by atoms with van der Waals surface area (Å²) in [7, 11) is 0. The lowest BCUT2D eigenvalue weighted by Gasteiger charge is -2.42. The monoisotopic (exact) mass is 615 g/mol. The fourth-order valence-corrected chi connectivity index (χ4v) is 6.55. The Bertz CT molecular complexity index is 1530. The van der Waals surface area contributed by atoms with Gasteiger partial charge in [0.25, 0.3) is 0 Å². The summed E-state index contributed by atoms with van der Waals surface area (Å²) in [5.41, 5.74) is 12.0. The standard InChI is InChI=1S/C37H53N5OS/c1-34(2,3)14-13-25-19-27(31(36(7,8)9)28(20-25)35(4,5)6)24-43-29-21-26(22-39-32(29)38)30-23-40-33(44-30)41-15-17-42(18-16-41)37(10,11)12/h19-23H,15-18,24H2,1-12H3,(H2,38,39). The average molecular weight is 616 g/mol. The molecule has 1 aromatic carbocycles. The smallest absolute Gasteiger partial charge is 0.185 e. The molecular formula is C37H53N5OS. The van der Waals surface area contributed by atoms with Crippen molar-refractivity contribution in [2.45, 2.75) is 106 Å². The Morgan fingerprint density at radius 2 is 1.50 bits per heavy atom. The third-order valence-electron chi connectivity index (χ3n) is 7.90. The van der Waals surface area contributed by atoms with Crippen LogP contribution < -0.4 is 15.4 Å². The van der Waals surface area contributed by atoms with Crippen LogP contribution in [0.5, 0.6) is 5.75 Å². The van der Waals surface area contributed by atoms with Crippen molar-refractivity contribution in [3.8, 4) is 28.0 Å². The minimum atomic E-state index is -0.0842. The Labute approximate surface area is 270 Å². The van der Waals surface area contributed by atoms with E-state index in [1.807, 2.05) is 18.5 Å². The highest BCUT2D eigenvalue weighted by atomic mass is 32.1. The maximum Gasteiger partial charge on any atom is 0.185 e. The second kappa shape index (κ2) is 12.4. The number of hydrogen-bond donors (Lipinski definition) is 1. The molecule has 1 saturated heterocycles. The zero-order chi connectivity index (χ0) is 32.7. The molecule has 0 unspecified atom stereocenters. The number of nitrogens with zero attached hydrogens (tertiary/aromatic N) is 4. The first-order valence-corrected chi connectivity index (χ1v) is 16.6. The van der Waals surface area contributed by atoms with Crippen molar-refractivity contribution in [3.05, 3.63) is 52.8 Å². The summed E-state index contributed by atoms with van der Waals surface area (Å²) in [6.07, 6.45) is 3.76. The van der Waals surface area contributed by atoms with E-state index in [-0.39, 0.29) is 21.8 Å². The van der Waals surface area contributed by atoms with Gasteiger partial charge < -0.3 is 15.4 Å². The molecule has 0 radical (unpaired) electrons. The SMILES string of the molecule is CC(C)(C)C#Cc1cc(COc2cc(-c3cnc(N4CCN(C(C)(C)C)CC4)s3)cnc2N)c(C(C)(C)C)c(C(C)(C)C)c1. The number of piperazine rings is 1. The van der Waals surface area contributed by atoms with Crippen molar-refractivity contribution >= 4 is 22.3 Å². The summed E-state index contributed by atoms with van der Waals surface area (Å²) >= 11 is 1.69. The van der Waals surface area contributed by atoms with Gasteiger partial charge in [-0.25, -0.2) is 9.97 Å². The van der Waals surface area contributed by atoms with Crippen molar-refractivity contribution in [1.29, 1.82) is 0 Å². The number of aromatic nitrogens is 2. The molecule has 7 heteroatoms. The van der Waals surface area contributed by atoms with Gasteiger partial charge in [-0.05, 0) is 87.3 Å². The Balaban J connectivity index is 1.62. The van der Waals surface area contributed by atoms with Crippen LogP contribution in [0.25, 0.3) is 10.4 Å². The predicted molar refractivity (Wildman–Crippen MR) is 188 cm³/mol. The summed E-state index contributed by atoms with van der Waals surface area (Å²) in [6.45, 7) is 31.3. The van der Waals surface area contributed by atoms with E-state index in [1.165, 1.54) is 11.1 Å². The van der Waals surface area contributed by atoms with E-state index in [9.17, 15) is 0 Å². The van der Waals surface area contributed by atoms with Crippen molar-refractivity contribution < 1.29 is 4.74 Å². The quantitative estimate of drug-likeness (QED) is 0.291. The summed E-state index contributed by atoms with van der Waals surface area (Å²) < 4.78 is 6.49. The van der Waals surface area contributed by atoms with Gasteiger partial charge in [-0.3, -0.25) is 4.90 Å². The molecule has 1 fully saturated rings. The molecule has 2 N–H and O–H groups in total. The molecule has 1 aliphatic rings. The summed E-state index contributed by atoms with van der Waals surface area (Å²) in [5, 5.41) is 1.05. The fourth-order valence-electron chi connectivity index (χ4n) is 5.60. The molecule has 0 saturated carbocycles. The molecule has 0 aliphatic carbocycles. The molecule has 1 aliphatic heterocycles. The van der Waals surface area contributed by atoms with E-state index >= 15 is 0 Å². The van der Waals surface area contributed by atoms with E-state index < -0.39 is 0 Å². The first-order valence-electron chi connectivity index (χ1n) is 15.8. The minimum Gasteiger partial charge on any atom is -0.485 e. The number of nitrogens with two attached hydrogens (primary N) is 1. The number of rotatable bonds is 5. The molecule has 0 amide bonds. The van der Waals surface area contributed by atoms with Crippen LogP contribution in [-0.4, -0.2) is 46.6 Å². The topological polar surface area (TPSA) is 67.5 Å². The number of hydrogen-bond acceptors (Lipinski definition) is 7. The Hall–Kier alpha value is -3.08. The van der Waals surface area contributed by atoms with Crippen molar-refractivity contribution in [3.63, 3.8) is 0 Å². The van der Waals surface area contributed by atoms with Crippen LogP contribution >= 0.6 is 11.3 Å². The van der Waals surface area contributed by atoms with Crippen molar-refractivity contribution in [2.24, 2.45) is 5.41 Å². The van der Waals surface area contributed by atoms with Crippen LogP contribution in [0.3, 0.4) is 0 Å². The van der Waals surface area contributed by atoms with E-state index in [4.69, 9.17) is 15.5 Å². The molecule has 6 nitrogen and oxygen atoms in total. The Kier molecular flexibility index (Phi) is 9.50. The average Bonchev–Trinajstić information content (AvgIpc) is 3.39. The van der Waals surface area contributed by atoms with Gasteiger partial charge in [-0.2, -0.15) is 0 Å². The highest BCUT2D eigenvalue weighted by Gasteiger charge is 2.29. The summed E-state index contributed by atoms with van der Waals surface area (Å²) in [6, 6.07) is 6.46. The molecule has 3 heterocycles. The lowest BCUT2D eigenvalue weighted by atomic mass is 9.72. The van der Waals surface area contributed by atoms with Crippen LogP contribution in [-0.2, 0) is 17.4 Å². The molecule has 0 spiro atoms. The molecule has 0 atom stereocenters. The number of pyridine rings is 1. The van der Waals surface area contributed by atoms with Crippen LogP contribution in [0.1, 0.15) is 105 Å². The van der Waals surface area contributed by atoms with E-state index in [0.717, 1.165) is 52.9 Å². The molecule has 4 rings (SSSR count). The normalized spacial score (nSPS) is 15.2. The van der Waals surface area contributed by atoms with Gasteiger partial charge in [0.1, 0.15) is 6.61 Å². The van der Waals surface area contributed by atoms with Gasteiger partial charge in [-0.1, -0.05) is 64.7 Å². The van der Waals surface area contributed by atoms with E-state index in [1.54, 1.807) is 11.3 Å². The van der Waals surface area contributed by atoms with Crippen molar-refractivity contribution in [1.82, 2.24) is 14.9 Å². The van der Waals surface area contributed by atoms with E-state index in [2.05, 4.69) is 122 Å². The lowest BCUT2D eigenvalue weighted by molar-refractivity contribution is 0.128. The maximum atomic E-state index is 6.49. The zero-order valence-corrected chi connectivity index (χ0v) is 29.9. The molecule has 2 aromatic heterocycles. The summed E-state index contributed by atoms with van der Waals surface area (Å²) in [4.78, 5) is 15.3. The van der Waals surface area contributed by atoms with Gasteiger partial charge in [-0.15, -0.1) is 0 Å². The first-order chi connectivity index (χ1) is 20.2. The number of ether oxygens (including phenoxy) is 1. The molecule has 3 aromatic rings. The fraction of sp³-hybridized carbons (Fsp3) is 0.568. The van der Waals surface area contributed by atoms with Crippen LogP contribution in [0.4, 0.5) is 10.9 Å². The van der Waals surface area contributed by atoms with Crippen LogP contribution in [0.2, 0.25) is 0 Å². The van der Waals surface area contributed by atoms with Crippen LogP contribution in [0, 0.1) is 17.3 Å². The molecule has 0 bridgehead atoms. The molecular weight excluding hydrogens is 563 g/mol. The predicted octanol–water partition coefficient (Wildman–Crippen LogP) is 8.28. The Morgan fingerprint density at radius 3 is 2.07 bits per heavy atom. The van der Waals surface area contributed by atoms with Crippen LogP contribution in [0.15, 0.2) is 30.6 Å². The van der Waals surface area contributed by atoms with Crippen molar-refractivity contribution in [2.75, 3.05) is 36.8 Å². The third kappa shape index (κ3) is 8.34. The molecule has 44 heavy (non-hydrogen) atoms. The third-order valence-corrected chi connectivity index (χ3v) is 9.01. The summed E-state index contributed by atoms with van der Waals surface area (Å²) in [5.74, 6) is 7.82. The number of anilines is 2. The maximum absolute atomic E-state index is 6.49. The van der Waals surface area contributed by atoms with Gasteiger partial charge in [0.05, 0.1) is 4.88 Å². The van der Waals surface area contributed by atoms with Gasteiger partial charge in [0, 0.05) is 60.7 Å². The first kappa shape index (κ1) is 33.8.